The lowest BCUT2D eigenvalue weighted by Crippen LogP contribution is -2.47. The fourth-order valence-electron chi connectivity index (χ4n) is 2.86. The van der Waals surface area contributed by atoms with Crippen molar-refractivity contribution in [2.24, 2.45) is 0 Å². The molecule has 2 aromatic rings. The number of phenolic OH excluding ortho intramolecular Hbond substituents is 1. The van der Waals surface area contributed by atoms with E-state index in [2.05, 4.69) is 12.2 Å². The Morgan fingerprint density at radius 2 is 2.00 bits per heavy atom. The van der Waals surface area contributed by atoms with Gasteiger partial charge in [-0.05, 0) is 43.2 Å². The minimum absolute atomic E-state index is 0.0250. The second kappa shape index (κ2) is 5.72. The molecule has 1 amide bonds. The SMILES string of the molecule is CC[C@@H](C)N1C(=O)c2ccccc2N[C@H]1c1cccc(O)c1. The summed E-state index contributed by atoms with van der Waals surface area (Å²) in [5.41, 5.74) is 2.41. The Bertz CT molecular complexity index is 699. The van der Waals surface area contributed by atoms with E-state index in [9.17, 15) is 9.90 Å². The van der Waals surface area contributed by atoms with Crippen LogP contribution in [0.15, 0.2) is 48.5 Å². The van der Waals surface area contributed by atoms with E-state index >= 15 is 0 Å². The van der Waals surface area contributed by atoms with Gasteiger partial charge in [-0.2, -0.15) is 0 Å². The molecule has 1 aliphatic rings. The van der Waals surface area contributed by atoms with Crippen molar-refractivity contribution in [3.63, 3.8) is 0 Å². The van der Waals surface area contributed by atoms with Crippen LogP contribution >= 0.6 is 0 Å². The van der Waals surface area contributed by atoms with Gasteiger partial charge in [0.05, 0.1) is 5.56 Å². The molecule has 22 heavy (non-hydrogen) atoms. The Kier molecular flexibility index (Phi) is 3.75. The minimum Gasteiger partial charge on any atom is -0.508 e. The van der Waals surface area contributed by atoms with Gasteiger partial charge in [0.25, 0.3) is 5.91 Å². The summed E-state index contributed by atoms with van der Waals surface area (Å²) in [5.74, 6) is 0.228. The van der Waals surface area contributed by atoms with E-state index in [1.807, 2.05) is 42.2 Å². The first-order valence-corrected chi connectivity index (χ1v) is 7.59. The number of anilines is 1. The summed E-state index contributed by atoms with van der Waals surface area (Å²) >= 11 is 0. The molecule has 1 aliphatic heterocycles. The molecule has 2 aromatic carbocycles. The molecule has 0 aliphatic carbocycles. The third kappa shape index (κ3) is 2.41. The first kappa shape index (κ1) is 14.4. The van der Waals surface area contributed by atoms with Crippen molar-refractivity contribution < 1.29 is 9.90 Å². The molecule has 0 unspecified atom stereocenters. The molecule has 114 valence electrons. The van der Waals surface area contributed by atoms with Crippen molar-refractivity contribution in [1.82, 2.24) is 4.90 Å². The van der Waals surface area contributed by atoms with Crippen LogP contribution in [0.4, 0.5) is 5.69 Å². The fraction of sp³-hybridized carbons (Fsp3) is 0.278. The number of amides is 1. The molecule has 0 bridgehead atoms. The molecular formula is C18H20N2O2. The molecule has 1 heterocycles. The monoisotopic (exact) mass is 296 g/mol. The van der Waals surface area contributed by atoms with Crippen LogP contribution < -0.4 is 5.32 Å². The predicted octanol–water partition coefficient (Wildman–Crippen LogP) is 3.76. The van der Waals surface area contributed by atoms with Crippen LogP contribution in [0.2, 0.25) is 0 Å². The number of phenols is 1. The molecule has 0 aromatic heterocycles. The molecule has 4 nitrogen and oxygen atoms in total. The largest absolute Gasteiger partial charge is 0.508 e. The highest BCUT2D eigenvalue weighted by Crippen LogP contribution is 2.35. The third-order valence-corrected chi connectivity index (χ3v) is 4.21. The normalized spacial score (nSPS) is 18.5. The summed E-state index contributed by atoms with van der Waals surface area (Å²) in [6.07, 6.45) is 0.592. The van der Waals surface area contributed by atoms with E-state index in [1.165, 1.54) is 0 Å². The van der Waals surface area contributed by atoms with Gasteiger partial charge < -0.3 is 15.3 Å². The van der Waals surface area contributed by atoms with Gasteiger partial charge >= 0.3 is 0 Å². The minimum atomic E-state index is -0.274. The lowest BCUT2D eigenvalue weighted by atomic mass is 10.0. The number of hydrogen-bond acceptors (Lipinski definition) is 3. The lowest BCUT2D eigenvalue weighted by Gasteiger charge is -2.41. The molecule has 2 N–H and O–H groups in total. The van der Waals surface area contributed by atoms with Gasteiger partial charge in [-0.3, -0.25) is 4.79 Å². The Labute approximate surface area is 130 Å². The first-order chi connectivity index (χ1) is 10.6. The molecule has 0 fully saturated rings. The number of nitrogens with one attached hydrogen (secondary N) is 1. The third-order valence-electron chi connectivity index (χ3n) is 4.21. The zero-order valence-corrected chi connectivity index (χ0v) is 12.8. The van der Waals surface area contributed by atoms with Crippen LogP contribution in [0.25, 0.3) is 0 Å². The summed E-state index contributed by atoms with van der Waals surface area (Å²) in [5, 5.41) is 13.2. The van der Waals surface area contributed by atoms with Gasteiger partial charge in [0.15, 0.2) is 0 Å². The van der Waals surface area contributed by atoms with Gasteiger partial charge in [0.2, 0.25) is 0 Å². The Balaban J connectivity index is 2.09. The number of nitrogens with zero attached hydrogens (tertiary/aromatic N) is 1. The van der Waals surface area contributed by atoms with Crippen LogP contribution in [0.3, 0.4) is 0 Å². The summed E-state index contributed by atoms with van der Waals surface area (Å²) in [6.45, 7) is 4.11. The Morgan fingerprint density at radius 1 is 1.23 bits per heavy atom. The van der Waals surface area contributed by atoms with E-state index in [0.29, 0.717) is 5.56 Å². The molecule has 3 rings (SSSR count). The smallest absolute Gasteiger partial charge is 0.258 e. The van der Waals surface area contributed by atoms with Crippen molar-refractivity contribution in [2.45, 2.75) is 32.5 Å². The summed E-state index contributed by atoms with van der Waals surface area (Å²) in [4.78, 5) is 14.8. The van der Waals surface area contributed by atoms with Crippen LogP contribution in [-0.4, -0.2) is 22.0 Å². The average Bonchev–Trinajstić information content (AvgIpc) is 2.54. The Morgan fingerprint density at radius 3 is 2.73 bits per heavy atom. The first-order valence-electron chi connectivity index (χ1n) is 7.59. The van der Waals surface area contributed by atoms with Crippen LogP contribution in [0.5, 0.6) is 5.75 Å². The van der Waals surface area contributed by atoms with Crippen LogP contribution in [-0.2, 0) is 0 Å². The van der Waals surface area contributed by atoms with Crippen molar-refractivity contribution in [3.05, 3.63) is 59.7 Å². The molecule has 2 atom stereocenters. The standard InChI is InChI=1S/C18H20N2O2/c1-3-12(2)20-17(13-7-6-8-14(21)11-13)19-16-10-5-4-9-15(16)18(20)22/h4-12,17,19,21H,3H2,1-2H3/t12-,17-/m1/s1. The quantitative estimate of drug-likeness (QED) is 0.906. The number of fused-ring (bicyclic) bond motifs is 1. The number of benzene rings is 2. The fourth-order valence-corrected chi connectivity index (χ4v) is 2.86. The van der Waals surface area contributed by atoms with Crippen molar-refractivity contribution in [1.29, 1.82) is 0 Å². The van der Waals surface area contributed by atoms with Crippen molar-refractivity contribution in [3.8, 4) is 5.75 Å². The molecular weight excluding hydrogens is 276 g/mol. The summed E-state index contributed by atoms with van der Waals surface area (Å²) < 4.78 is 0. The number of rotatable bonds is 3. The average molecular weight is 296 g/mol. The molecule has 0 saturated carbocycles. The number of aromatic hydroxyl groups is 1. The zero-order valence-electron chi connectivity index (χ0n) is 12.8. The van der Waals surface area contributed by atoms with E-state index in [1.54, 1.807) is 18.2 Å². The van der Waals surface area contributed by atoms with E-state index in [4.69, 9.17) is 0 Å². The number of hydrogen-bond donors (Lipinski definition) is 2. The van der Waals surface area contributed by atoms with Crippen molar-refractivity contribution >= 4 is 11.6 Å². The summed E-state index contributed by atoms with van der Waals surface area (Å²) in [6, 6.07) is 14.7. The molecule has 0 radical (unpaired) electrons. The van der Waals surface area contributed by atoms with Gasteiger partial charge in [-0.15, -0.1) is 0 Å². The maximum absolute atomic E-state index is 12.9. The van der Waals surface area contributed by atoms with E-state index < -0.39 is 0 Å². The topological polar surface area (TPSA) is 52.6 Å². The molecule has 0 saturated heterocycles. The highest BCUT2D eigenvalue weighted by molar-refractivity contribution is 6.01. The summed E-state index contributed by atoms with van der Waals surface area (Å²) in [7, 11) is 0. The molecule has 0 spiro atoms. The number of carbonyl (C=O) groups excluding carboxylic acids is 1. The van der Waals surface area contributed by atoms with Gasteiger partial charge in [-0.25, -0.2) is 0 Å². The number of para-hydroxylation sites is 1. The maximum atomic E-state index is 12.9. The van der Waals surface area contributed by atoms with Crippen LogP contribution in [0, 0.1) is 0 Å². The van der Waals surface area contributed by atoms with E-state index in [-0.39, 0.29) is 23.9 Å². The lowest BCUT2D eigenvalue weighted by molar-refractivity contribution is 0.0593. The van der Waals surface area contributed by atoms with Gasteiger partial charge in [-0.1, -0.05) is 31.2 Å². The number of carbonyl (C=O) groups is 1. The van der Waals surface area contributed by atoms with Gasteiger partial charge in [0.1, 0.15) is 11.9 Å². The predicted molar refractivity (Wildman–Crippen MR) is 86.8 cm³/mol. The van der Waals surface area contributed by atoms with Gasteiger partial charge in [0, 0.05) is 11.7 Å². The zero-order chi connectivity index (χ0) is 15.7. The highest BCUT2D eigenvalue weighted by Gasteiger charge is 2.35. The van der Waals surface area contributed by atoms with E-state index in [0.717, 1.165) is 17.7 Å². The second-order valence-electron chi connectivity index (χ2n) is 5.66. The van der Waals surface area contributed by atoms with Crippen LogP contribution in [0.1, 0.15) is 42.4 Å². The Hall–Kier alpha value is -2.49. The van der Waals surface area contributed by atoms with Crippen molar-refractivity contribution in [2.75, 3.05) is 5.32 Å². The second-order valence-corrected chi connectivity index (χ2v) is 5.66. The highest BCUT2D eigenvalue weighted by atomic mass is 16.3. The molecule has 4 heteroatoms. The maximum Gasteiger partial charge on any atom is 0.258 e.